The van der Waals surface area contributed by atoms with Gasteiger partial charge in [-0.1, -0.05) is 36.4 Å². The van der Waals surface area contributed by atoms with Gasteiger partial charge in [-0.15, -0.1) is 0 Å². The normalized spacial score (nSPS) is 18.3. The molecule has 0 radical (unpaired) electrons. The van der Waals surface area contributed by atoms with Crippen molar-refractivity contribution in [2.24, 2.45) is 0 Å². The highest BCUT2D eigenvalue weighted by atomic mass is 15.2. The fourth-order valence-corrected chi connectivity index (χ4v) is 2.18. The third kappa shape index (κ3) is 2.53. The van der Waals surface area contributed by atoms with Crippen molar-refractivity contribution in [1.29, 1.82) is 0 Å². The summed E-state index contributed by atoms with van der Waals surface area (Å²) in [4.78, 5) is 2.55. The van der Waals surface area contributed by atoms with Crippen LogP contribution in [0.3, 0.4) is 0 Å². The Morgan fingerprint density at radius 1 is 1.06 bits per heavy atom. The molecule has 0 spiro atoms. The first-order valence-electron chi connectivity index (χ1n) is 6.07. The van der Waals surface area contributed by atoms with Crippen molar-refractivity contribution >= 4 is 5.57 Å². The standard InChI is InChI=1S/C15H21N/c1-15(2,3)16-11-7-10-14(12-16)13-8-5-4-6-9-13/h4-6,8-10H,7,11-12H2,1-3H3. The lowest BCUT2D eigenvalue weighted by Crippen LogP contribution is -2.44. The number of rotatable bonds is 1. The van der Waals surface area contributed by atoms with E-state index in [2.05, 4.69) is 62.1 Å². The number of nitrogens with zero attached hydrogens (tertiary/aromatic N) is 1. The third-order valence-electron chi connectivity index (χ3n) is 3.24. The molecular formula is C15H21N. The van der Waals surface area contributed by atoms with Crippen LogP contribution in [0, 0.1) is 0 Å². The molecular weight excluding hydrogens is 194 g/mol. The molecule has 1 heterocycles. The fourth-order valence-electron chi connectivity index (χ4n) is 2.18. The molecule has 1 nitrogen and oxygen atoms in total. The Balaban J connectivity index is 2.17. The zero-order valence-corrected chi connectivity index (χ0v) is 10.5. The van der Waals surface area contributed by atoms with Gasteiger partial charge in [0.2, 0.25) is 0 Å². The molecule has 1 aliphatic rings. The SMILES string of the molecule is CC(C)(C)N1CCC=C(c2ccccc2)C1. The Labute approximate surface area is 98.8 Å². The van der Waals surface area contributed by atoms with Crippen molar-refractivity contribution in [2.75, 3.05) is 13.1 Å². The van der Waals surface area contributed by atoms with E-state index in [1.165, 1.54) is 24.1 Å². The molecule has 0 saturated carbocycles. The van der Waals surface area contributed by atoms with Crippen molar-refractivity contribution in [1.82, 2.24) is 4.90 Å². The second-order valence-electron chi connectivity index (χ2n) is 5.48. The van der Waals surface area contributed by atoms with Crippen molar-refractivity contribution < 1.29 is 0 Å². The summed E-state index contributed by atoms with van der Waals surface area (Å²) in [6.07, 6.45) is 3.55. The van der Waals surface area contributed by atoms with Gasteiger partial charge in [0.25, 0.3) is 0 Å². The summed E-state index contributed by atoms with van der Waals surface area (Å²) in [6, 6.07) is 10.7. The van der Waals surface area contributed by atoms with E-state index < -0.39 is 0 Å². The van der Waals surface area contributed by atoms with Crippen LogP contribution in [0.4, 0.5) is 0 Å². The van der Waals surface area contributed by atoms with Gasteiger partial charge in [-0.25, -0.2) is 0 Å². The molecule has 0 atom stereocenters. The predicted molar refractivity (Wildman–Crippen MR) is 70.4 cm³/mol. The van der Waals surface area contributed by atoms with Crippen LogP contribution in [0.2, 0.25) is 0 Å². The van der Waals surface area contributed by atoms with Crippen LogP contribution in [0.15, 0.2) is 36.4 Å². The number of hydrogen-bond acceptors (Lipinski definition) is 1. The predicted octanol–water partition coefficient (Wildman–Crippen LogP) is 3.57. The van der Waals surface area contributed by atoms with Gasteiger partial charge in [0.05, 0.1) is 0 Å². The molecule has 0 N–H and O–H groups in total. The maximum Gasteiger partial charge on any atom is 0.0241 e. The van der Waals surface area contributed by atoms with Crippen LogP contribution in [-0.4, -0.2) is 23.5 Å². The Hall–Kier alpha value is -1.08. The topological polar surface area (TPSA) is 3.24 Å². The van der Waals surface area contributed by atoms with Gasteiger partial charge in [-0.3, -0.25) is 4.90 Å². The Morgan fingerprint density at radius 3 is 2.38 bits per heavy atom. The summed E-state index contributed by atoms with van der Waals surface area (Å²) < 4.78 is 0. The van der Waals surface area contributed by atoms with E-state index in [0.29, 0.717) is 0 Å². The minimum atomic E-state index is 0.272. The van der Waals surface area contributed by atoms with Crippen LogP contribution in [0.25, 0.3) is 5.57 Å². The highest BCUT2D eigenvalue weighted by Gasteiger charge is 2.24. The van der Waals surface area contributed by atoms with Crippen molar-refractivity contribution in [3.05, 3.63) is 42.0 Å². The monoisotopic (exact) mass is 215 g/mol. The lowest BCUT2D eigenvalue weighted by atomic mass is 9.96. The van der Waals surface area contributed by atoms with Gasteiger partial charge in [-0.05, 0) is 38.3 Å². The fraction of sp³-hybridized carbons (Fsp3) is 0.467. The molecule has 16 heavy (non-hydrogen) atoms. The van der Waals surface area contributed by atoms with Crippen LogP contribution >= 0.6 is 0 Å². The van der Waals surface area contributed by atoms with Gasteiger partial charge >= 0.3 is 0 Å². The second-order valence-corrected chi connectivity index (χ2v) is 5.48. The second kappa shape index (κ2) is 4.42. The molecule has 0 bridgehead atoms. The molecule has 0 amide bonds. The van der Waals surface area contributed by atoms with E-state index in [4.69, 9.17) is 0 Å². The van der Waals surface area contributed by atoms with Crippen LogP contribution < -0.4 is 0 Å². The minimum absolute atomic E-state index is 0.272. The molecule has 0 fully saturated rings. The lowest BCUT2D eigenvalue weighted by Gasteiger charge is -2.38. The molecule has 0 saturated heterocycles. The summed E-state index contributed by atoms with van der Waals surface area (Å²) in [7, 11) is 0. The van der Waals surface area contributed by atoms with E-state index in [1.807, 2.05) is 0 Å². The van der Waals surface area contributed by atoms with Gasteiger partial charge in [0, 0.05) is 18.6 Å². The highest BCUT2D eigenvalue weighted by molar-refractivity contribution is 5.67. The van der Waals surface area contributed by atoms with E-state index in [9.17, 15) is 0 Å². The van der Waals surface area contributed by atoms with E-state index >= 15 is 0 Å². The number of benzene rings is 1. The molecule has 0 unspecified atom stereocenters. The summed E-state index contributed by atoms with van der Waals surface area (Å²) in [5.74, 6) is 0. The summed E-state index contributed by atoms with van der Waals surface area (Å²) >= 11 is 0. The maximum absolute atomic E-state index is 2.55. The van der Waals surface area contributed by atoms with E-state index in [-0.39, 0.29) is 5.54 Å². The molecule has 1 aliphatic heterocycles. The molecule has 1 heteroatoms. The summed E-state index contributed by atoms with van der Waals surface area (Å²) in [6.45, 7) is 9.14. The highest BCUT2D eigenvalue weighted by Crippen LogP contribution is 2.25. The molecule has 0 aliphatic carbocycles. The first-order chi connectivity index (χ1) is 7.57. The zero-order valence-electron chi connectivity index (χ0n) is 10.5. The number of hydrogen-bond donors (Lipinski definition) is 0. The van der Waals surface area contributed by atoms with Crippen LogP contribution in [-0.2, 0) is 0 Å². The van der Waals surface area contributed by atoms with Gasteiger partial charge in [0.1, 0.15) is 0 Å². The van der Waals surface area contributed by atoms with Gasteiger partial charge in [-0.2, -0.15) is 0 Å². The minimum Gasteiger partial charge on any atom is -0.294 e. The Bertz CT molecular complexity index is 370. The maximum atomic E-state index is 2.55. The zero-order chi connectivity index (χ0) is 11.6. The summed E-state index contributed by atoms with van der Waals surface area (Å²) in [5, 5.41) is 0. The molecule has 86 valence electrons. The molecule has 1 aromatic rings. The smallest absolute Gasteiger partial charge is 0.0241 e. The van der Waals surface area contributed by atoms with Crippen molar-refractivity contribution in [2.45, 2.75) is 32.7 Å². The quantitative estimate of drug-likeness (QED) is 0.692. The van der Waals surface area contributed by atoms with Crippen molar-refractivity contribution in [3.63, 3.8) is 0 Å². The largest absolute Gasteiger partial charge is 0.294 e. The average molecular weight is 215 g/mol. The first kappa shape index (κ1) is 11.4. The Kier molecular flexibility index (Phi) is 3.15. The van der Waals surface area contributed by atoms with Gasteiger partial charge in [0.15, 0.2) is 0 Å². The molecule has 0 aromatic heterocycles. The first-order valence-corrected chi connectivity index (χ1v) is 6.07. The van der Waals surface area contributed by atoms with E-state index in [1.54, 1.807) is 0 Å². The third-order valence-corrected chi connectivity index (χ3v) is 3.24. The average Bonchev–Trinajstić information content (AvgIpc) is 2.29. The molecule has 2 rings (SSSR count). The summed E-state index contributed by atoms with van der Waals surface area (Å²) in [5.41, 5.74) is 3.12. The van der Waals surface area contributed by atoms with Gasteiger partial charge < -0.3 is 0 Å². The van der Waals surface area contributed by atoms with Crippen LogP contribution in [0.1, 0.15) is 32.8 Å². The van der Waals surface area contributed by atoms with E-state index in [0.717, 1.165) is 6.54 Å². The van der Waals surface area contributed by atoms with Crippen LogP contribution in [0.5, 0.6) is 0 Å². The molecule has 1 aromatic carbocycles. The lowest BCUT2D eigenvalue weighted by molar-refractivity contribution is 0.155. The Morgan fingerprint density at radius 2 is 1.75 bits per heavy atom. The van der Waals surface area contributed by atoms with Crippen molar-refractivity contribution in [3.8, 4) is 0 Å².